The van der Waals surface area contributed by atoms with E-state index in [0.29, 0.717) is 16.7 Å². The highest BCUT2D eigenvalue weighted by atomic mass is 35.5. The molecule has 2 aromatic carbocycles. The summed E-state index contributed by atoms with van der Waals surface area (Å²) in [7, 11) is 0. The molecular formula is C22H22ClNO5. The van der Waals surface area contributed by atoms with Gasteiger partial charge in [0.15, 0.2) is 5.69 Å². The van der Waals surface area contributed by atoms with Crippen molar-refractivity contribution in [3.05, 3.63) is 53.2 Å². The zero-order valence-corrected chi connectivity index (χ0v) is 17.4. The molecule has 0 atom stereocenters. The molecule has 0 fully saturated rings. The molecule has 3 rings (SSSR count). The molecule has 0 bridgehead atoms. The minimum atomic E-state index is -0.537. The van der Waals surface area contributed by atoms with Gasteiger partial charge < -0.3 is 18.8 Å². The summed E-state index contributed by atoms with van der Waals surface area (Å²) >= 11 is 6.56. The molecular weight excluding hydrogens is 394 g/mol. The summed E-state index contributed by atoms with van der Waals surface area (Å²) in [4.78, 5) is 23.9. The van der Waals surface area contributed by atoms with E-state index in [2.05, 4.69) is 0 Å². The van der Waals surface area contributed by atoms with Crippen LogP contribution in [0.3, 0.4) is 0 Å². The van der Waals surface area contributed by atoms with Gasteiger partial charge >= 0.3 is 11.9 Å². The number of esters is 2. The third kappa shape index (κ3) is 4.38. The van der Waals surface area contributed by atoms with Crippen LogP contribution in [0.15, 0.2) is 42.5 Å². The van der Waals surface area contributed by atoms with Crippen molar-refractivity contribution >= 4 is 34.4 Å². The standard InChI is InChI=1S/C22H22ClNO5/c1-5-27-22(26)21-20(23)18-12-17(29-14(4)25)10-11-19(18)24(21)15-6-8-16(9-7-15)28-13(2)3/h6-13H,5H2,1-4H3. The van der Waals surface area contributed by atoms with Crippen molar-refractivity contribution in [1.82, 2.24) is 4.57 Å². The monoisotopic (exact) mass is 415 g/mol. The summed E-state index contributed by atoms with van der Waals surface area (Å²) in [5.41, 5.74) is 1.62. The molecule has 1 heterocycles. The number of carbonyl (C=O) groups is 2. The third-order valence-electron chi connectivity index (χ3n) is 4.07. The lowest BCUT2D eigenvalue weighted by molar-refractivity contribution is -0.131. The highest BCUT2D eigenvalue weighted by Crippen LogP contribution is 2.36. The summed E-state index contributed by atoms with van der Waals surface area (Å²) in [6.45, 7) is 7.17. The maximum atomic E-state index is 12.7. The van der Waals surface area contributed by atoms with Gasteiger partial charge in [-0.15, -0.1) is 0 Å². The average Bonchev–Trinajstić information content (AvgIpc) is 2.94. The number of hydrogen-bond donors (Lipinski definition) is 0. The van der Waals surface area contributed by atoms with Crippen LogP contribution < -0.4 is 9.47 Å². The first-order valence-corrected chi connectivity index (χ1v) is 9.66. The Bertz CT molecular complexity index is 1050. The Hall–Kier alpha value is -2.99. The van der Waals surface area contributed by atoms with Crippen LogP contribution in [0.4, 0.5) is 0 Å². The van der Waals surface area contributed by atoms with Gasteiger partial charge in [-0.3, -0.25) is 4.79 Å². The Labute approximate surface area is 173 Å². The maximum absolute atomic E-state index is 12.7. The number of ether oxygens (including phenoxy) is 3. The fourth-order valence-electron chi connectivity index (χ4n) is 3.06. The fraction of sp³-hybridized carbons (Fsp3) is 0.273. The molecule has 0 aliphatic carbocycles. The van der Waals surface area contributed by atoms with E-state index in [1.807, 2.05) is 38.1 Å². The second-order valence-electron chi connectivity index (χ2n) is 6.65. The predicted octanol–water partition coefficient (Wildman–Crippen LogP) is 5.17. The smallest absolute Gasteiger partial charge is 0.356 e. The van der Waals surface area contributed by atoms with Crippen LogP contribution in [0.2, 0.25) is 5.02 Å². The van der Waals surface area contributed by atoms with Gasteiger partial charge in [0, 0.05) is 18.0 Å². The van der Waals surface area contributed by atoms with Gasteiger partial charge in [0.25, 0.3) is 0 Å². The SMILES string of the molecule is CCOC(=O)c1c(Cl)c2cc(OC(C)=O)ccc2n1-c1ccc(OC(C)C)cc1. The van der Waals surface area contributed by atoms with Crippen molar-refractivity contribution in [3.63, 3.8) is 0 Å². The zero-order valence-electron chi connectivity index (χ0n) is 16.7. The van der Waals surface area contributed by atoms with Crippen molar-refractivity contribution < 1.29 is 23.8 Å². The number of nitrogens with zero attached hydrogens (tertiary/aromatic N) is 1. The second kappa shape index (κ2) is 8.57. The maximum Gasteiger partial charge on any atom is 0.356 e. The lowest BCUT2D eigenvalue weighted by Gasteiger charge is -2.13. The first kappa shape index (κ1) is 20.7. The molecule has 3 aromatic rings. The van der Waals surface area contributed by atoms with Crippen LogP contribution in [0.1, 0.15) is 38.2 Å². The van der Waals surface area contributed by atoms with Gasteiger partial charge in [0.1, 0.15) is 11.5 Å². The molecule has 0 N–H and O–H groups in total. The van der Waals surface area contributed by atoms with Crippen LogP contribution in [-0.4, -0.2) is 29.2 Å². The number of fused-ring (bicyclic) bond motifs is 1. The lowest BCUT2D eigenvalue weighted by Crippen LogP contribution is -2.11. The minimum Gasteiger partial charge on any atom is -0.491 e. The highest BCUT2D eigenvalue weighted by molar-refractivity contribution is 6.38. The van der Waals surface area contributed by atoms with E-state index in [0.717, 1.165) is 11.4 Å². The minimum absolute atomic E-state index is 0.0532. The van der Waals surface area contributed by atoms with Crippen LogP contribution in [0.25, 0.3) is 16.6 Å². The van der Waals surface area contributed by atoms with E-state index in [1.54, 1.807) is 29.7 Å². The van der Waals surface area contributed by atoms with Crippen molar-refractivity contribution in [1.29, 1.82) is 0 Å². The number of carbonyl (C=O) groups excluding carboxylic acids is 2. The van der Waals surface area contributed by atoms with E-state index >= 15 is 0 Å². The fourth-order valence-corrected chi connectivity index (χ4v) is 3.37. The molecule has 152 valence electrons. The molecule has 0 aliphatic heterocycles. The second-order valence-corrected chi connectivity index (χ2v) is 7.03. The largest absolute Gasteiger partial charge is 0.491 e. The molecule has 0 radical (unpaired) electrons. The Morgan fingerprint density at radius 1 is 1.07 bits per heavy atom. The first-order valence-electron chi connectivity index (χ1n) is 9.28. The van der Waals surface area contributed by atoms with E-state index in [1.165, 1.54) is 6.92 Å². The zero-order chi connectivity index (χ0) is 21.1. The summed E-state index contributed by atoms with van der Waals surface area (Å²) < 4.78 is 17.8. The Kier molecular flexibility index (Phi) is 6.13. The van der Waals surface area contributed by atoms with E-state index in [4.69, 9.17) is 25.8 Å². The molecule has 0 aliphatic rings. The Balaban J connectivity index is 2.18. The van der Waals surface area contributed by atoms with Gasteiger partial charge in [-0.05, 0) is 63.2 Å². The van der Waals surface area contributed by atoms with Crippen LogP contribution in [0, 0.1) is 0 Å². The quantitative estimate of drug-likeness (QED) is 0.410. The molecule has 0 saturated heterocycles. The summed E-state index contributed by atoms with van der Waals surface area (Å²) in [5.74, 6) is 0.0952. The van der Waals surface area contributed by atoms with Crippen LogP contribution in [0.5, 0.6) is 11.5 Å². The van der Waals surface area contributed by atoms with Gasteiger partial charge in [0.05, 0.1) is 23.3 Å². The predicted molar refractivity (Wildman–Crippen MR) is 111 cm³/mol. The average molecular weight is 416 g/mol. The number of rotatable bonds is 6. The molecule has 0 saturated carbocycles. The van der Waals surface area contributed by atoms with E-state index in [9.17, 15) is 9.59 Å². The Morgan fingerprint density at radius 3 is 2.31 bits per heavy atom. The third-order valence-corrected chi connectivity index (χ3v) is 4.46. The molecule has 1 aromatic heterocycles. The van der Waals surface area contributed by atoms with E-state index in [-0.39, 0.29) is 23.4 Å². The lowest BCUT2D eigenvalue weighted by atomic mass is 10.2. The molecule has 0 amide bonds. The molecule has 0 unspecified atom stereocenters. The van der Waals surface area contributed by atoms with Crippen molar-refractivity contribution in [2.45, 2.75) is 33.8 Å². The van der Waals surface area contributed by atoms with Gasteiger partial charge in [-0.25, -0.2) is 4.79 Å². The molecule has 29 heavy (non-hydrogen) atoms. The first-order chi connectivity index (χ1) is 13.8. The molecule has 6 nitrogen and oxygen atoms in total. The van der Waals surface area contributed by atoms with Crippen molar-refractivity contribution in [2.75, 3.05) is 6.61 Å². The van der Waals surface area contributed by atoms with Gasteiger partial charge in [-0.2, -0.15) is 0 Å². The van der Waals surface area contributed by atoms with Crippen molar-refractivity contribution in [3.8, 4) is 17.2 Å². The number of aromatic nitrogens is 1. The number of hydrogen-bond acceptors (Lipinski definition) is 5. The summed E-state index contributed by atoms with van der Waals surface area (Å²) in [5, 5.41) is 0.811. The van der Waals surface area contributed by atoms with Crippen LogP contribution in [-0.2, 0) is 9.53 Å². The van der Waals surface area contributed by atoms with E-state index < -0.39 is 11.9 Å². The Morgan fingerprint density at radius 2 is 1.72 bits per heavy atom. The van der Waals surface area contributed by atoms with Crippen LogP contribution >= 0.6 is 11.6 Å². The normalized spacial score (nSPS) is 11.0. The molecule has 7 heteroatoms. The van der Waals surface area contributed by atoms with Gasteiger partial charge in [-0.1, -0.05) is 11.6 Å². The summed E-state index contributed by atoms with van der Waals surface area (Å²) in [6.07, 6.45) is 0.0532. The molecule has 0 spiro atoms. The summed E-state index contributed by atoms with van der Waals surface area (Å²) in [6, 6.07) is 12.4. The van der Waals surface area contributed by atoms with Gasteiger partial charge in [0.2, 0.25) is 0 Å². The van der Waals surface area contributed by atoms with Crippen molar-refractivity contribution in [2.24, 2.45) is 0 Å². The number of benzene rings is 2. The highest BCUT2D eigenvalue weighted by Gasteiger charge is 2.24. The number of halogens is 1. The topological polar surface area (TPSA) is 66.8 Å².